The molecule has 6 heteroatoms. The van der Waals surface area contributed by atoms with Crippen LogP contribution in [0.3, 0.4) is 0 Å². The average Bonchev–Trinajstić information content (AvgIpc) is 2.70. The Kier molecular flexibility index (Phi) is 8.67. The summed E-state index contributed by atoms with van der Waals surface area (Å²) in [5.74, 6) is 0.431. The molecular formula is C21H30N2O4. The Morgan fingerprint density at radius 1 is 1.15 bits per heavy atom. The van der Waals surface area contributed by atoms with Crippen LogP contribution in [0.25, 0.3) is 0 Å². The molecule has 2 aromatic rings. The number of aliphatic hydroxyl groups is 3. The molecule has 148 valence electrons. The molecule has 4 N–H and O–H groups in total. The van der Waals surface area contributed by atoms with Crippen molar-refractivity contribution in [1.29, 1.82) is 0 Å². The molecule has 2 rings (SSSR count). The number of aryl methyl sites for hydroxylation is 2. The smallest absolute Gasteiger partial charge is 0.146 e. The van der Waals surface area contributed by atoms with Gasteiger partial charge in [0.1, 0.15) is 18.5 Å². The predicted octanol–water partition coefficient (Wildman–Crippen LogP) is 1.73. The van der Waals surface area contributed by atoms with Crippen molar-refractivity contribution in [3.05, 3.63) is 58.9 Å². The van der Waals surface area contributed by atoms with E-state index < -0.39 is 6.10 Å². The number of aromatic nitrogens is 1. The molecule has 0 aliphatic rings. The van der Waals surface area contributed by atoms with Gasteiger partial charge < -0.3 is 25.4 Å². The van der Waals surface area contributed by atoms with Gasteiger partial charge in [-0.25, -0.2) is 0 Å². The second-order valence-corrected chi connectivity index (χ2v) is 6.79. The Morgan fingerprint density at radius 2 is 1.89 bits per heavy atom. The first-order chi connectivity index (χ1) is 13.0. The van der Waals surface area contributed by atoms with Crippen LogP contribution < -0.4 is 10.1 Å². The third kappa shape index (κ3) is 6.59. The zero-order valence-corrected chi connectivity index (χ0v) is 16.1. The van der Waals surface area contributed by atoms with Gasteiger partial charge in [0.05, 0.1) is 18.9 Å². The van der Waals surface area contributed by atoms with Gasteiger partial charge in [-0.3, -0.25) is 4.98 Å². The van der Waals surface area contributed by atoms with E-state index in [4.69, 9.17) is 4.74 Å². The first-order valence-corrected chi connectivity index (χ1v) is 9.32. The molecule has 0 radical (unpaired) electrons. The van der Waals surface area contributed by atoms with E-state index in [1.54, 1.807) is 6.92 Å². The van der Waals surface area contributed by atoms with Gasteiger partial charge in [-0.15, -0.1) is 0 Å². The number of ether oxygens (including phenoxy) is 1. The van der Waals surface area contributed by atoms with Crippen LogP contribution in [0.2, 0.25) is 0 Å². The standard InChI is InChI=1S/C21H30N2O4/c1-15(8-9-17-6-4-3-5-7-17)22-11-19(26)14-27-21-16(2)23-10-18(12-24)20(21)13-25/h3-7,10,15,19,22,24-26H,8-9,11-14H2,1-2H3. The number of nitrogens with one attached hydrogen (secondary N) is 1. The van der Waals surface area contributed by atoms with Gasteiger partial charge in [-0.05, 0) is 32.3 Å². The van der Waals surface area contributed by atoms with Crippen LogP contribution in [0.5, 0.6) is 5.75 Å². The van der Waals surface area contributed by atoms with E-state index in [9.17, 15) is 15.3 Å². The zero-order chi connectivity index (χ0) is 19.6. The summed E-state index contributed by atoms with van der Waals surface area (Å²) in [6.45, 7) is 3.90. The summed E-state index contributed by atoms with van der Waals surface area (Å²) in [6.07, 6.45) is 2.81. The number of pyridine rings is 1. The molecule has 1 aromatic carbocycles. The van der Waals surface area contributed by atoms with Crippen LogP contribution in [0.4, 0.5) is 0 Å². The van der Waals surface area contributed by atoms with Crippen molar-refractivity contribution < 1.29 is 20.1 Å². The van der Waals surface area contributed by atoms with Crippen LogP contribution in [-0.2, 0) is 19.6 Å². The molecule has 0 fully saturated rings. The summed E-state index contributed by atoms with van der Waals surface area (Å²) >= 11 is 0. The zero-order valence-electron chi connectivity index (χ0n) is 16.1. The molecular weight excluding hydrogens is 344 g/mol. The van der Waals surface area contributed by atoms with Crippen LogP contribution in [-0.4, -0.2) is 45.6 Å². The summed E-state index contributed by atoms with van der Waals surface area (Å²) in [4.78, 5) is 4.17. The third-order valence-corrected chi connectivity index (χ3v) is 4.56. The van der Waals surface area contributed by atoms with Crippen molar-refractivity contribution in [1.82, 2.24) is 10.3 Å². The molecule has 0 bridgehead atoms. The topological polar surface area (TPSA) is 94.8 Å². The number of hydrogen-bond acceptors (Lipinski definition) is 6. The number of nitrogens with zero attached hydrogens (tertiary/aromatic N) is 1. The van der Waals surface area contributed by atoms with E-state index in [0.29, 0.717) is 29.1 Å². The highest BCUT2D eigenvalue weighted by molar-refractivity contribution is 5.41. The molecule has 0 amide bonds. The molecule has 2 unspecified atom stereocenters. The lowest BCUT2D eigenvalue weighted by Crippen LogP contribution is -2.37. The Labute approximate surface area is 160 Å². The Bertz CT molecular complexity index is 694. The van der Waals surface area contributed by atoms with E-state index in [1.165, 1.54) is 11.8 Å². The summed E-state index contributed by atoms with van der Waals surface area (Å²) < 4.78 is 5.70. The van der Waals surface area contributed by atoms with Gasteiger partial charge >= 0.3 is 0 Å². The quantitative estimate of drug-likeness (QED) is 0.478. The lowest BCUT2D eigenvalue weighted by atomic mass is 10.1. The van der Waals surface area contributed by atoms with E-state index in [0.717, 1.165) is 12.8 Å². The van der Waals surface area contributed by atoms with Crippen LogP contribution in [0.15, 0.2) is 36.5 Å². The van der Waals surface area contributed by atoms with Gasteiger partial charge in [0.2, 0.25) is 0 Å². The highest BCUT2D eigenvalue weighted by atomic mass is 16.5. The molecule has 0 aliphatic carbocycles. The van der Waals surface area contributed by atoms with E-state index in [1.807, 2.05) is 18.2 Å². The fourth-order valence-electron chi connectivity index (χ4n) is 2.88. The summed E-state index contributed by atoms with van der Waals surface area (Å²) in [7, 11) is 0. The summed E-state index contributed by atoms with van der Waals surface area (Å²) in [6, 6.07) is 10.6. The molecule has 0 saturated carbocycles. The lowest BCUT2D eigenvalue weighted by Gasteiger charge is -2.19. The fraction of sp³-hybridized carbons (Fsp3) is 0.476. The van der Waals surface area contributed by atoms with Crippen molar-refractivity contribution >= 4 is 0 Å². The molecule has 0 spiro atoms. The van der Waals surface area contributed by atoms with Gasteiger partial charge in [-0.2, -0.15) is 0 Å². The maximum atomic E-state index is 10.2. The average molecular weight is 374 g/mol. The fourth-order valence-corrected chi connectivity index (χ4v) is 2.88. The van der Waals surface area contributed by atoms with Crippen LogP contribution in [0.1, 0.15) is 35.7 Å². The minimum atomic E-state index is -0.687. The first-order valence-electron chi connectivity index (χ1n) is 9.32. The van der Waals surface area contributed by atoms with Gasteiger partial charge in [0, 0.05) is 29.9 Å². The molecule has 2 atom stereocenters. The van der Waals surface area contributed by atoms with Crippen LogP contribution >= 0.6 is 0 Å². The number of rotatable bonds is 11. The maximum Gasteiger partial charge on any atom is 0.146 e. The minimum absolute atomic E-state index is 0.0861. The van der Waals surface area contributed by atoms with E-state index in [2.05, 4.69) is 29.4 Å². The second-order valence-electron chi connectivity index (χ2n) is 6.79. The third-order valence-electron chi connectivity index (χ3n) is 4.56. The normalized spacial score (nSPS) is 13.4. The van der Waals surface area contributed by atoms with Crippen molar-refractivity contribution in [3.63, 3.8) is 0 Å². The maximum absolute atomic E-state index is 10.2. The van der Waals surface area contributed by atoms with Crippen molar-refractivity contribution in [3.8, 4) is 5.75 Å². The van der Waals surface area contributed by atoms with E-state index in [-0.39, 0.29) is 25.9 Å². The SMILES string of the molecule is Cc1ncc(CO)c(CO)c1OCC(O)CNC(C)CCc1ccccc1. The Balaban J connectivity index is 1.78. The predicted molar refractivity (Wildman–Crippen MR) is 105 cm³/mol. The molecule has 0 aliphatic heterocycles. The Hall–Kier alpha value is -1.99. The van der Waals surface area contributed by atoms with Gasteiger partial charge in [0.15, 0.2) is 0 Å². The van der Waals surface area contributed by atoms with E-state index >= 15 is 0 Å². The van der Waals surface area contributed by atoms with Gasteiger partial charge in [0.25, 0.3) is 0 Å². The molecule has 1 heterocycles. The monoisotopic (exact) mass is 374 g/mol. The second kappa shape index (κ2) is 11.0. The number of hydrogen-bond donors (Lipinski definition) is 4. The van der Waals surface area contributed by atoms with Crippen molar-refractivity contribution in [2.24, 2.45) is 0 Å². The summed E-state index contributed by atoms with van der Waals surface area (Å²) in [5.41, 5.74) is 2.97. The lowest BCUT2D eigenvalue weighted by molar-refractivity contribution is 0.101. The highest BCUT2D eigenvalue weighted by Crippen LogP contribution is 2.25. The molecule has 6 nitrogen and oxygen atoms in total. The largest absolute Gasteiger partial charge is 0.489 e. The van der Waals surface area contributed by atoms with Crippen molar-refractivity contribution in [2.75, 3.05) is 13.2 Å². The molecule has 27 heavy (non-hydrogen) atoms. The van der Waals surface area contributed by atoms with Gasteiger partial charge in [-0.1, -0.05) is 30.3 Å². The number of benzene rings is 1. The molecule has 1 aromatic heterocycles. The first kappa shape index (κ1) is 21.3. The Morgan fingerprint density at radius 3 is 2.56 bits per heavy atom. The minimum Gasteiger partial charge on any atom is -0.489 e. The molecule has 0 saturated heterocycles. The number of aliphatic hydroxyl groups excluding tert-OH is 3. The van der Waals surface area contributed by atoms with Crippen molar-refractivity contribution in [2.45, 2.75) is 52.0 Å². The highest BCUT2D eigenvalue weighted by Gasteiger charge is 2.15. The van der Waals surface area contributed by atoms with Crippen LogP contribution in [0, 0.1) is 6.92 Å². The summed E-state index contributed by atoms with van der Waals surface area (Å²) in [5, 5.41) is 32.4.